The van der Waals surface area contributed by atoms with E-state index in [1.54, 1.807) is 19.2 Å². The average Bonchev–Trinajstić information content (AvgIpc) is 2.66. The number of nitrogens with one attached hydrogen (secondary N) is 2. The number of ether oxygens (including phenoxy) is 2. The molecule has 144 valence electrons. The molecule has 0 aliphatic carbocycles. The Balaban J connectivity index is 1.92. The monoisotopic (exact) mass is 390 g/mol. The van der Waals surface area contributed by atoms with Gasteiger partial charge in [-0.1, -0.05) is 36.7 Å². The summed E-state index contributed by atoms with van der Waals surface area (Å²) < 4.78 is 10.5. The number of anilines is 1. The Labute approximate surface area is 163 Å². The average molecular weight is 391 g/mol. The van der Waals surface area contributed by atoms with E-state index in [4.69, 9.17) is 21.1 Å². The van der Waals surface area contributed by atoms with E-state index in [2.05, 4.69) is 10.6 Å². The van der Waals surface area contributed by atoms with Crippen LogP contribution in [-0.4, -0.2) is 38.7 Å². The lowest BCUT2D eigenvalue weighted by Crippen LogP contribution is -2.27. The summed E-state index contributed by atoms with van der Waals surface area (Å²) in [7, 11) is 1.56. The number of methoxy groups -OCH3 is 1. The number of aryl methyl sites for hydroxylation is 1. The molecule has 2 aromatic carbocycles. The van der Waals surface area contributed by atoms with E-state index >= 15 is 0 Å². The van der Waals surface area contributed by atoms with Crippen LogP contribution in [0.25, 0.3) is 0 Å². The summed E-state index contributed by atoms with van der Waals surface area (Å²) in [4.78, 5) is 24.2. The molecule has 7 heteroatoms. The van der Waals surface area contributed by atoms with Gasteiger partial charge in [-0.2, -0.15) is 0 Å². The SMILES string of the molecule is CCc1ccccc1OCC(=O)Nc1ccc(C(=O)NCCOC)c(Cl)c1. The van der Waals surface area contributed by atoms with Gasteiger partial charge in [-0.25, -0.2) is 0 Å². The van der Waals surface area contributed by atoms with Crippen LogP contribution >= 0.6 is 11.6 Å². The van der Waals surface area contributed by atoms with Crippen LogP contribution in [-0.2, 0) is 16.0 Å². The zero-order valence-electron chi connectivity index (χ0n) is 15.4. The summed E-state index contributed by atoms with van der Waals surface area (Å²) >= 11 is 6.16. The number of para-hydroxylation sites is 1. The third kappa shape index (κ3) is 6.27. The Kier molecular flexibility index (Phi) is 8.10. The van der Waals surface area contributed by atoms with Crippen LogP contribution < -0.4 is 15.4 Å². The van der Waals surface area contributed by atoms with Gasteiger partial charge < -0.3 is 20.1 Å². The first-order valence-electron chi connectivity index (χ1n) is 8.62. The number of carbonyl (C=O) groups is 2. The predicted molar refractivity (Wildman–Crippen MR) is 106 cm³/mol. The molecule has 0 aliphatic rings. The molecule has 0 atom stereocenters. The first-order valence-corrected chi connectivity index (χ1v) is 9.00. The molecular weight excluding hydrogens is 368 g/mol. The third-order valence-corrected chi connectivity index (χ3v) is 4.11. The van der Waals surface area contributed by atoms with Crippen LogP contribution in [0.5, 0.6) is 5.75 Å². The van der Waals surface area contributed by atoms with Crippen LogP contribution in [0, 0.1) is 0 Å². The zero-order valence-corrected chi connectivity index (χ0v) is 16.1. The molecule has 2 N–H and O–H groups in total. The highest BCUT2D eigenvalue weighted by Gasteiger charge is 2.12. The molecule has 0 saturated carbocycles. The first-order chi connectivity index (χ1) is 13.0. The van der Waals surface area contributed by atoms with Crippen LogP contribution in [0.1, 0.15) is 22.8 Å². The molecule has 2 aromatic rings. The number of amides is 2. The minimum Gasteiger partial charge on any atom is -0.483 e. The largest absolute Gasteiger partial charge is 0.483 e. The summed E-state index contributed by atoms with van der Waals surface area (Å²) in [6, 6.07) is 12.3. The summed E-state index contributed by atoms with van der Waals surface area (Å²) in [6.45, 7) is 2.71. The fourth-order valence-electron chi connectivity index (χ4n) is 2.42. The van der Waals surface area contributed by atoms with Crippen molar-refractivity contribution in [3.05, 3.63) is 58.6 Å². The maximum Gasteiger partial charge on any atom is 0.262 e. The topological polar surface area (TPSA) is 76.7 Å². The van der Waals surface area contributed by atoms with Gasteiger partial charge in [-0.3, -0.25) is 9.59 Å². The standard InChI is InChI=1S/C20H23ClN2O4/c1-3-14-6-4-5-7-18(14)27-13-19(24)23-15-8-9-16(17(21)12-15)20(25)22-10-11-26-2/h4-9,12H,3,10-11,13H2,1-2H3,(H,22,25)(H,23,24). The van der Waals surface area contributed by atoms with Gasteiger partial charge in [0, 0.05) is 19.3 Å². The molecular formula is C20H23ClN2O4. The van der Waals surface area contributed by atoms with Crippen molar-refractivity contribution in [2.75, 3.05) is 32.2 Å². The van der Waals surface area contributed by atoms with E-state index in [0.29, 0.717) is 30.2 Å². The van der Waals surface area contributed by atoms with Crippen molar-refractivity contribution in [1.29, 1.82) is 0 Å². The van der Waals surface area contributed by atoms with Gasteiger partial charge in [0.05, 0.1) is 17.2 Å². The van der Waals surface area contributed by atoms with E-state index in [0.717, 1.165) is 12.0 Å². The Morgan fingerprint density at radius 3 is 2.63 bits per heavy atom. The van der Waals surface area contributed by atoms with Crippen molar-refractivity contribution < 1.29 is 19.1 Å². The highest BCUT2D eigenvalue weighted by Crippen LogP contribution is 2.21. The van der Waals surface area contributed by atoms with Gasteiger partial charge in [0.2, 0.25) is 0 Å². The van der Waals surface area contributed by atoms with Gasteiger partial charge in [0.15, 0.2) is 6.61 Å². The normalized spacial score (nSPS) is 10.3. The summed E-state index contributed by atoms with van der Waals surface area (Å²) in [6.07, 6.45) is 0.821. The highest BCUT2D eigenvalue weighted by atomic mass is 35.5. The van der Waals surface area contributed by atoms with Gasteiger partial charge >= 0.3 is 0 Å². The smallest absolute Gasteiger partial charge is 0.262 e. The van der Waals surface area contributed by atoms with Crippen LogP contribution in [0.3, 0.4) is 0 Å². The Morgan fingerprint density at radius 1 is 1.15 bits per heavy atom. The lowest BCUT2D eigenvalue weighted by molar-refractivity contribution is -0.118. The van der Waals surface area contributed by atoms with E-state index in [1.165, 1.54) is 6.07 Å². The molecule has 0 spiro atoms. The molecule has 2 amide bonds. The molecule has 6 nitrogen and oxygen atoms in total. The fourth-order valence-corrected chi connectivity index (χ4v) is 2.68. The van der Waals surface area contributed by atoms with Crippen molar-refractivity contribution in [2.45, 2.75) is 13.3 Å². The lowest BCUT2D eigenvalue weighted by Gasteiger charge is -2.11. The molecule has 0 aliphatic heterocycles. The van der Waals surface area contributed by atoms with Crippen LogP contribution in [0.15, 0.2) is 42.5 Å². The first kappa shape index (κ1) is 20.7. The fraction of sp³-hybridized carbons (Fsp3) is 0.300. The molecule has 0 saturated heterocycles. The zero-order chi connectivity index (χ0) is 19.6. The van der Waals surface area contributed by atoms with Crippen molar-refractivity contribution >= 4 is 29.1 Å². The van der Waals surface area contributed by atoms with E-state index in [9.17, 15) is 9.59 Å². The molecule has 0 unspecified atom stereocenters. The number of carbonyl (C=O) groups excluding carboxylic acids is 2. The number of halogens is 1. The van der Waals surface area contributed by atoms with Gasteiger partial charge in [0.25, 0.3) is 11.8 Å². The maximum absolute atomic E-state index is 12.1. The predicted octanol–water partition coefficient (Wildman–Crippen LogP) is 3.30. The number of hydrogen-bond acceptors (Lipinski definition) is 4. The van der Waals surface area contributed by atoms with E-state index in [-0.39, 0.29) is 23.4 Å². The summed E-state index contributed by atoms with van der Waals surface area (Å²) in [5.74, 6) is 0.0833. The molecule has 0 fully saturated rings. The van der Waals surface area contributed by atoms with Gasteiger partial charge in [0.1, 0.15) is 5.75 Å². The molecule has 27 heavy (non-hydrogen) atoms. The van der Waals surface area contributed by atoms with E-state index in [1.807, 2.05) is 31.2 Å². The van der Waals surface area contributed by atoms with Crippen molar-refractivity contribution in [2.24, 2.45) is 0 Å². The summed E-state index contributed by atoms with van der Waals surface area (Å²) in [5.41, 5.74) is 1.86. The lowest BCUT2D eigenvalue weighted by atomic mass is 10.1. The third-order valence-electron chi connectivity index (χ3n) is 3.80. The summed E-state index contributed by atoms with van der Waals surface area (Å²) in [5, 5.41) is 5.65. The maximum atomic E-state index is 12.1. The molecule has 0 heterocycles. The minimum atomic E-state index is -0.311. The molecule has 2 rings (SSSR count). The van der Waals surface area contributed by atoms with Gasteiger partial charge in [-0.15, -0.1) is 0 Å². The van der Waals surface area contributed by atoms with Crippen LogP contribution in [0.4, 0.5) is 5.69 Å². The van der Waals surface area contributed by atoms with Gasteiger partial charge in [-0.05, 0) is 36.2 Å². The van der Waals surface area contributed by atoms with E-state index < -0.39 is 0 Å². The van der Waals surface area contributed by atoms with Crippen molar-refractivity contribution in [1.82, 2.24) is 5.32 Å². The number of rotatable bonds is 9. The Bertz CT molecular complexity index is 795. The second-order valence-electron chi connectivity index (χ2n) is 5.74. The number of hydrogen-bond donors (Lipinski definition) is 2. The van der Waals surface area contributed by atoms with Crippen molar-refractivity contribution in [3.8, 4) is 5.75 Å². The minimum absolute atomic E-state index is 0.117. The van der Waals surface area contributed by atoms with Crippen molar-refractivity contribution in [3.63, 3.8) is 0 Å². The molecule has 0 bridgehead atoms. The Hall–Kier alpha value is -2.57. The highest BCUT2D eigenvalue weighted by molar-refractivity contribution is 6.34. The second kappa shape index (κ2) is 10.5. The second-order valence-corrected chi connectivity index (χ2v) is 6.15. The number of benzene rings is 2. The molecule has 0 radical (unpaired) electrons. The molecule has 0 aromatic heterocycles. The van der Waals surface area contributed by atoms with Crippen LogP contribution in [0.2, 0.25) is 5.02 Å². The Morgan fingerprint density at radius 2 is 1.93 bits per heavy atom. The quantitative estimate of drug-likeness (QED) is 0.644.